The molecule has 0 radical (unpaired) electrons. The second kappa shape index (κ2) is 8.64. The van der Waals surface area contributed by atoms with Crippen molar-refractivity contribution in [2.24, 2.45) is 5.92 Å². The summed E-state index contributed by atoms with van der Waals surface area (Å²) >= 11 is 9.45. The minimum atomic E-state index is -0.174. The lowest BCUT2D eigenvalue weighted by atomic mass is 9.96. The number of carbonyl (C=O) groups is 2. The number of benzene rings is 1. The van der Waals surface area contributed by atoms with E-state index in [-0.39, 0.29) is 11.8 Å². The Morgan fingerprint density at radius 2 is 1.88 bits per heavy atom. The molecule has 5 nitrogen and oxygen atoms in total. The van der Waals surface area contributed by atoms with Crippen molar-refractivity contribution in [3.63, 3.8) is 0 Å². The fourth-order valence-corrected chi connectivity index (χ4v) is 3.59. The molecule has 3 rings (SSSR count). The van der Waals surface area contributed by atoms with Gasteiger partial charge in [-0.3, -0.25) is 14.6 Å². The van der Waals surface area contributed by atoms with Gasteiger partial charge in [-0.05, 0) is 49.1 Å². The molecule has 2 heterocycles. The van der Waals surface area contributed by atoms with Gasteiger partial charge in [0.1, 0.15) is 0 Å². The van der Waals surface area contributed by atoms with Crippen molar-refractivity contribution in [1.82, 2.24) is 15.2 Å². The highest BCUT2D eigenvalue weighted by Gasteiger charge is 2.24. The van der Waals surface area contributed by atoms with E-state index in [4.69, 9.17) is 11.6 Å². The monoisotopic (exact) mass is 435 g/mol. The molecule has 26 heavy (non-hydrogen) atoms. The molecule has 2 amide bonds. The lowest BCUT2D eigenvalue weighted by Crippen LogP contribution is -2.41. The van der Waals surface area contributed by atoms with Crippen LogP contribution in [0.1, 0.15) is 33.6 Å². The van der Waals surface area contributed by atoms with E-state index in [0.717, 1.165) is 17.3 Å². The molecule has 0 unspecified atom stereocenters. The Morgan fingerprint density at radius 1 is 1.19 bits per heavy atom. The average molecular weight is 437 g/mol. The van der Waals surface area contributed by atoms with E-state index in [1.54, 1.807) is 42.7 Å². The molecule has 7 heteroatoms. The number of nitrogens with zero attached hydrogens (tertiary/aromatic N) is 2. The first-order valence-electron chi connectivity index (χ1n) is 8.47. The van der Waals surface area contributed by atoms with Crippen LogP contribution < -0.4 is 5.32 Å². The molecule has 0 bridgehead atoms. The van der Waals surface area contributed by atoms with Gasteiger partial charge in [-0.15, -0.1) is 0 Å². The van der Waals surface area contributed by atoms with Gasteiger partial charge in [-0.25, -0.2) is 0 Å². The summed E-state index contributed by atoms with van der Waals surface area (Å²) in [5, 5.41) is 3.39. The van der Waals surface area contributed by atoms with Crippen molar-refractivity contribution in [3.05, 3.63) is 63.3 Å². The van der Waals surface area contributed by atoms with Crippen LogP contribution in [0.2, 0.25) is 5.02 Å². The zero-order valence-electron chi connectivity index (χ0n) is 14.1. The summed E-state index contributed by atoms with van der Waals surface area (Å²) in [5.74, 6) is 0.216. The van der Waals surface area contributed by atoms with Gasteiger partial charge < -0.3 is 10.2 Å². The van der Waals surface area contributed by atoms with Crippen molar-refractivity contribution in [3.8, 4) is 0 Å². The summed E-state index contributed by atoms with van der Waals surface area (Å²) in [6.07, 6.45) is 4.98. The zero-order chi connectivity index (χ0) is 18.5. The van der Waals surface area contributed by atoms with Crippen LogP contribution in [0.4, 0.5) is 0 Å². The van der Waals surface area contributed by atoms with Gasteiger partial charge in [0.05, 0.1) is 10.6 Å². The number of rotatable bonds is 4. The number of halogens is 2. The zero-order valence-corrected chi connectivity index (χ0v) is 16.5. The number of amides is 2. The van der Waals surface area contributed by atoms with Crippen molar-refractivity contribution in [1.29, 1.82) is 0 Å². The van der Waals surface area contributed by atoms with Crippen molar-refractivity contribution in [2.75, 3.05) is 19.6 Å². The van der Waals surface area contributed by atoms with Crippen LogP contribution in [0.3, 0.4) is 0 Å². The number of carbonyl (C=O) groups excluding carboxylic acids is 2. The van der Waals surface area contributed by atoms with Crippen LogP contribution >= 0.6 is 27.5 Å². The van der Waals surface area contributed by atoms with Gasteiger partial charge in [0.25, 0.3) is 11.8 Å². The molecule has 1 aromatic carbocycles. The molecular weight excluding hydrogens is 418 g/mol. The van der Waals surface area contributed by atoms with E-state index >= 15 is 0 Å². The molecule has 1 fully saturated rings. The molecule has 1 aromatic heterocycles. The molecule has 0 aliphatic carbocycles. The summed E-state index contributed by atoms with van der Waals surface area (Å²) in [5.41, 5.74) is 1.13. The molecule has 0 saturated carbocycles. The third-order valence-corrected chi connectivity index (χ3v) is 5.38. The minimum absolute atomic E-state index is 0.0378. The predicted molar refractivity (Wildman–Crippen MR) is 104 cm³/mol. The van der Waals surface area contributed by atoms with E-state index in [0.29, 0.717) is 41.7 Å². The summed E-state index contributed by atoms with van der Waals surface area (Å²) in [4.78, 5) is 30.6. The Hall–Kier alpha value is -1.92. The Kier molecular flexibility index (Phi) is 6.27. The standard InChI is InChI=1S/C19H19BrClN3O2/c20-15-1-2-17(21)16(11-15)18(25)23-12-13-5-9-24(10-6-13)19(26)14-3-7-22-8-4-14/h1-4,7-8,11,13H,5-6,9-10,12H2,(H,23,25). The lowest BCUT2D eigenvalue weighted by molar-refractivity contribution is 0.0684. The molecule has 2 aromatic rings. The van der Waals surface area contributed by atoms with E-state index in [9.17, 15) is 9.59 Å². The first-order chi connectivity index (χ1) is 12.5. The van der Waals surface area contributed by atoms with Gasteiger partial charge in [-0.1, -0.05) is 27.5 Å². The Morgan fingerprint density at radius 3 is 2.58 bits per heavy atom. The summed E-state index contributed by atoms with van der Waals surface area (Å²) < 4.78 is 0.815. The molecule has 1 aliphatic rings. The molecule has 0 spiro atoms. The first-order valence-corrected chi connectivity index (χ1v) is 9.64. The molecule has 0 atom stereocenters. The van der Waals surface area contributed by atoms with Crippen molar-refractivity contribution >= 4 is 39.3 Å². The third-order valence-electron chi connectivity index (χ3n) is 4.55. The second-order valence-electron chi connectivity index (χ2n) is 6.31. The maximum Gasteiger partial charge on any atom is 0.253 e. The predicted octanol–water partition coefficient (Wildman–Crippen LogP) is 3.78. The third kappa shape index (κ3) is 4.62. The highest BCUT2D eigenvalue weighted by atomic mass is 79.9. The van der Waals surface area contributed by atoms with Crippen molar-refractivity contribution in [2.45, 2.75) is 12.8 Å². The minimum Gasteiger partial charge on any atom is -0.352 e. The number of hydrogen-bond donors (Lipinski definition) is 1. The largest absolute Gasteiger partial charge is 0.352 e. The number of nitrogens with one attached hydrogen (secondary N) is 1. The van der Waals surface area contributed by atoms with Crippen LogP contribution in [0.15, 0.2) is 47.2 Å². The first kappa shape index (κ1) is 18.9. The van der Waals surface area contributed by atoms with E-state index in [2.05, 4.69) is 26.2 Å². The normalized spacial score (nSPS) is 14.9. The highest BCUT2D eigenvalue weighted by Crippen LogP contribution is 2.22. The molecular formula is C19H19BrClN3O2. The fraction of sp³-hybridized carbons (Fsp3) is 0.316. The number of likely N-dealkylation sites (tertiary alicyclic amines) is 1. The van der Waals surface area contributed by atoms with E-state index in [1.165, 1.54) is 0 Å². The van der Waals surface area contributed by atoms with Crippen LogP contribution in [0.25, 0.3) is 0 Å². The lowest BCUT2D eigenvalue weighted by Gasteiger charge is -2.32. The van der Waals surface area contributed by atoms with Gasteiger partial charge in [-0.2, -0.15) is 0 Å². The number of pyridine rings is 1. The molecule has 136 valence electrons. The average Bonchev–Trinajstić information content (AvgIpc) is 2.68. The quantitative estimate of drug-likeness (QED) is 0.793. The summed E-state index contributed by atoms with van der Waals surface area (Å²) in [6.45, 7) is 1.97. The van der Waals surface area contributed by atoms with Gasteiger partial charge in [0.15, 0.2) is 0 Å². The topological polar surface area (TPSA) is 62.3 Å². The van der Waals surface area contributed by atoms with Gasteiger partial charge >= 0.3 is 0 Å². The fourth-order valence-electron chi connectivity index (χ4n) is 3.02. The van der Waals surface area contributed by atoms with Crippen LogP contribution in [0.5, 0.6) is 0 Å². The molecule has 1 N–H and O–H groups in total. The number of aromatic nitrogens is 1. The molecule has 1 saturated heterocycles. The smallest absolute Gasteiger partial charge is 0.253 e. The second-order valence-corrected chi connectivity index (χ2v) is 7.63. The Labute approximate surface area is 165 Å². The summed E-state index contributed by atoms with van der Waals surface area (Å²) in [6, 6.07) is 8.68. The Balaban J connectivity index is 1.49. The van der Waals surface area contributed by atoms with Crippen LogP contribution in [-0.4, -0.2) is 41.3 Å². The van der Waals surface area contributed by atoms with Crippen LogP contribution in [0, 0.1) is 5.92 Å². The number of piperidine rings is 1. The van der Waals surface area contributed by atoms with Crippen molar-refractivity contribution < 1.29 is 9.59 Å². The summed E-state index contributed by atoms with van der Waals surface area (Å²) in [7, 11) is 0. The molecule has 1 aliphatic heterocycles. The Bertz CT molecular complexity index is 793. The van der Waals surface area contributed by atoms with Gasteiger partial charge in [0, 0.05) is 42.1 Å². The SMILES string of the molecule is O=C(NCC1CCN(C(=O)c2ccncc2)CC1)c1cc(Br)ccc1Cl. The van der Waals surface area contributed by atoms with Gasteiger partial charge in [0.2, 0.25) is 0 Å². The van der Waals surface area contributed by atoms with Crippen LogP contribution in [-0.2, 0) is 0 Å². The maximum atomic E-state index is 12.4. The van der Waals surface area contributed by atoms with E-state index in [1.807, 2.05) is 4.90 Å². The number of hydrogen-bond acceptors (Lipinski definition) is 3. The maximum absolute atomic E-state index is 12.4. The van der Waals surface area contributed by atoms with E-state index < -0.39 is 0 Å². The highest BCUT2D eigenvalue weighted by molar-refractivity contribution is 9.10.